The van der Waals surface area contributed by atoms with Gasteiger partial charge in [-0.25, -0.2) is 0 Å². The molecule has 0 unspecified atom stereocenters. The van der Waals surface area contributed by atoms with E-state index in [-0.39, 0.29) is 24.6 Å². The van der Waals surface area contributed by atoms with E-state index in [2.05, 4.69) is 37.0 Å². The van der Waals surface area contributed by atoms with Crippen LogP contribution in [0.1, 0.15) is 16.7 Å². The largest absolute Gasteiger partial charge is 0.487 e. The Morgan fingerprint density at radius 1 is 0.844 bits per heavy atom. The second kappa shape index (κ2) is 10.8. The number of hydrogen-bond donors (Lipinski definition) is 0. The summed E-state index contributed by atoms with van der Waals surface area (Å²) in [5, 5.41) is 25.6. The zero-order valence-electron chi connectivity index (χ0n) is 16.3. The van der Waals surface area contributed by atoms with Gasteiger partial charge in [-0.3, -0.25) is 20.2 Å². The van der Waals surface area contributed by atoms with Gasteiger partial charge in [0, 0.05) is 24.3 Å². The number of halogens is 2. The highest BCUT2D eigenvalue weighted by Crippen LogP contribution is 2.35. The van der Waals surface area contributed by atoms with Crippen LogP contribution in [0.15, 0.2) is 74.8 Å². The number of oxime groups is 1. The highest BCUT2D eigenvalue weighted by atomic mass is 79.9. The van der Waals surface area contributed by atoms with Crippen molar-refractivity contribution in [1.29, 1.82) is 0 Å². The van der Waals surface area contributed by atoms with Crippen molar-refractivity contribution in [2.45, 2.75) is 13.2 Å². The van der Waals surface area contributed by atoms with E-state index in [1.54, 1.807) is 36.4 Å². The monoisotopic (exact) mass is 563 g/mol. The summed E-state index contributed by atoms with van der Waals surface area (Å²) in [5.74, 6) is 0.533. The van der Waals surface area contributed by atoms with E-state index >= 15 is 0 Å². The van der Waals surface area contributed by atoms with Gasteiger partial charge in [0.25, 0.3) is 11.4 Å². The molecule has 0 amide bonds. The van der Waals surface area contributed by atoms with Crippen LogP contribution in [-0.4, -0.2) is 16.1 Å². The summed E-state index contributed by atoms with van der Waals surface area (Å²) in [7, 11) is 0. The first-order chi connectivity index (χ1) is 15.3. The van der Waals surface area contributed by atoms with Gasteiger partial charge in [0.1, 0.15) is 19.0 Å². The molecule has 0 aliphatic heterocycles. The average molecular weight is 565 g/mol. The molecule has 0 bridgehead atoms. The fourth-order valence-electron chi connectivity index (χ4n) is 2.68. The molecular formula is C21H15Br2N3O6. The molecule has 0 atom stereocenters. The SMILES string of the molecule is O=[N+]([O-])c1cccc(CO/N=C\c2cc(Br)c(OCc3cccc([N+](=O)[O-])c3)c(Br)c2)c1. The summed E-state index contributed by atoms with van der Waals surface area (Å²) >= 11 is 6.89. The predicted octanol–water partition coefficient (Wildman–Crippen LogP) is 6.16. The molecule has 3 aromatic carbocycles. The lowest BCUT2D eigenvalue weighted by Gasteiger charge is -2.11. The third kappa shape index (κ3) is 6.34. The molecular weight excluding hydrogens is 550 g/mol. The minimum Gasteiger partial charge on any atom is -0.487 e. The van der Waals surface area contributed by atoms with E-state index in [4.69, 9.17) is 9.57 Å². The van der Waals surface area contributed by atoms with Crippen LogP contribution in [-0.2, 0) is 18.1 Å². The van der Waals surface area contributed by atoms with Crippen molar-refractivity contribution < 1.29 is 19.4 Å². The summed E-state index contributed by atoms with van der Waals surface area (Å²) in [6.45, 7) is 0.240. The molecule has 0 spiro atoms. The van der Waals surface area contributed by atoms with Crippen LogP contribution in [0.3, 0.4) is 0 Å². The second-order valence-corrected chi connectivity index (χ2v) is 8.17. The molecule has 0 saturated heterocycles. The van der Waals surface area contributed by atoms with Gasteiger partial charge in [0.2, 0.25) is 0 Å². The zero-order valence-corrected chi connectivity index (χ0v) is 19.5. The summed E-state index contributed by atoms with van der Waals surface area (Å²) in [4.78, 5) is 26.0. The van der Waals surface area contributed by atoms with Crippen LogP contribution in [0.25, 0.3) is 0 Å². The summed E-state index contributed by atoms with van der Waals surface area (Å²) in [6, 6.07) is 15.9. The molecule has 0 N–H and O–H groups in total. The van der Waals surface area contributed by atoms with Crippen molar-refractivity contribution in [2.75, 3.05) is 0 Å². The number of nitrogens with zero attached hydrogens (tertiary/aromatic N) is 3. The fraction of sp³-hybridized carbons (Fsp3) is 0.0952. The summed E-state index contributed by atoms with van der Waals surface area (Å²) in [5.41, 5.74) is 2.00. The molecule has 3 rings (SSSR count). The zero-order chi connectivity index (χ0) is 23.1. The minimum absolute atomic E-state index is 0.000832. The Kier molecular flexibility index (Phi) is 7.90. The van der Waals surface area contributed by atoms with Crippen LogP contribution < -0.4 is 4.74 Å². The maximum atomic E-state index is 10.9. The maximum Gasteiger partial charge on any atom is 0.269 e. The normalized spacial score (nSPS) is 10.8. The number of nitro benzene ring substituents is 2. The molecule has 0 radical (unpaired) electrons. The van der Waals surface area contributed by atoms with Crippen molar-refractivity contribution in [3.63, 3.8) is 0 Å². The van der Waals surface area contributed by atoms with Crippen molar-refractivity contribution in [1.82, 2.24) is 0 Å². The van der Waals surface area contributed by atoms with Gasteiger partial charge in [-0.1, -0.05) is 29.4 Å². The molecule has 3 aromatic rings. The molecule has 11 heteroatoms. The Morgan fingerprint density at radius 2 is 1.38 bits per heavy atom. The molecule has 0 aliphatic carbocycles. The van der Waals surface area contributed by atoms with E-state index < -0.39 is 9.85 Å². The van der Waals surface area contributed by atoms with E-state index in [0.717, 1.165) is 0 Å². The van der Waals surface area contributed by atoms with E-state index in [1.165, 1.54) is 30.5 Å². The first-order valence-corrected chi connectivity index (χ1v) is 10.7. The molecule has 0 fully saturated rings. The van der Waals surface area contributed by atoms with Gasteiger partial charge < -0.3 is 9.57 Å². The minimum atomic E-state index is -0.468. The lowest BCUT2D eigenvalue weighted by Crippen LogP contribution is -1.99. The lowest BCUT2D eigenvalue weighted by atomic mass is 10.2. The Labute approximate surface area is 199 Å². The number of benzene rings is 3. The van der Waals surface area contributed by atoms with Gasteiger partial charge in [0.15, 0.2) is 0 Å². The van der Waals surface area contributed by atoms with Crippen LogP contribution in [0.2, 0.25) is 0 Å². The topological polar surface area (TPSA) is 117 Å². The highest BCUT2D eigenvalue weighted by molar-refractivity contribution is 9.11. The van der Waals surface area contributed by atoms with Crippen molar-refractivity contribution in [3.05, 3.63) is 107 Å². The molecule has 0 aliphatic rings. The fourth-order valence-corrected chi connectivity index (χ4v) is 4.13. The second-order valence-electron chi connectivity index (χ2n) is 6.46. The highest BCUT2D eigenvalue weighted by Gasteiger charge is 2.11. The molecule has 0 heterocycles. The number of nitro groups is 2. The van der Waals surface area contributed by atoms with Crippen LogP contribution in [0.4, 0.5) is 11.4 Å². The van der Waals surface area contributed by atoms with Crippen LogP contribution >= 0.6 is 31.9 Å². The van der Waals surface area contributed by atoms with Gasteiger partial charge in [0.05, 0.1) is 25.0 Å². The smallest absolute Gasteiger partial charge is 0.269 e. The van der Waals surface area contributed by atoms with Crippen molar-refractivity contribution >= 4 is 49.4 Å². The van der Waals surface area contributed by atoms with Gasteiger partial charge in [-0.15, -0.1) is 0 Å². The lowest BCUT2D eigenvalue weighted by molar-refractivity contribution is -0.385. The number of hydrogen-bond acceptors (Lipinski definition) is 7. The van der Waals surface area contributed by atoms with Crippen LogP contribution in [0, 0.1) is 20.2 Å². The van der Waals surface area contributed by atoms with E-state index in [1.807, 2.05) is 0 Å². The number of non-ortho nitro benzene ring substituents is 2. The Bertz CT molecular complexity index is 1160. The quantitative estimate of drug-likeness (QED) is 0.174. The van der Waals surface area contributed by atoms with Gasteiger partial charge in [-0.2, -0.15) is 0 Å². The standard InChI is InChI=1S/C21H15Br2N3O6/c22-19-9-16(11-24-32-13-15-4-2-6-18(8-15)26(29)30)10-20(23)21(19)31-12-14-3-1-5-17(7-14)25(27)28/h1-11H,12-13H2/b24-11-. The molecule has 164 valence electrons. The van der Waals surface area contributed by atoms with Crippen molar-refractivity contribution in [2.24, 2.45) is 5.16 Å². The Morgan fingerprint density at radius 3 is 1.91 bits per heavy atom. The van der Waals surface area contributed by atoms with E-state index in [9.17, 15) is 20.2 Å². The third-order valence-corrected chi connectivity index (χ3v) is 5.33. The van der Waals surface area contributed by atoms with Gasteiger partial charge in [-0.05, 0) is 60.7 Å². The first kappa shape index (κ1) is 23.4. The van der Waals surface area contributed by atoms with Crippen molar-refractivity contribution in [3.8, 4) is 5.75 Å². The first-order valence-electron chi connectivity index (χ1n) is 9.07. The Balaban J connectivity index is 1.61. The predicted molar refractivity (Wildman–Crippen MR) is 125 cm³/mol. The summed E-state index contributed by atoms with van der Waals surface area (Å²) < 4.78 is 7.11. The number of ether oxygens (including phenoxy) is 1. The van der Waals surface area contributed by atoms with E-state index in [0.29, 0.717) is 31.4 Å². The third-order valence-electron chi connectivity index (χ3n) is 4.15. The Hall–Kier alpha value is -3.31. The molecule has 9 nitrogen and oxygen atoms in total. The summed E-state index contributed by atoms with van der Waals surface area (Å²) in [6.07, 6.45) is 1.50. The average Bonchev–Trinajstić information content (AvgIpc) is 2.76. The molecule has 0 aromatic heterocycles. The van der Waals surface area contributed by atoms with Crippen LogP contribution in [0.5, 0.6) is 5.75 Å². The maximum absolute atomic E-state index is 10.9. The van der Waals surface area contributed by atoms with Gasteiger partial charge >= 0.3 is 0 Å². The molecule has 32 heavy (non-hydrogen) atoms. The molecule has 0 saturated carbocycles. The number of rotatable bonds is 9.